The second kappa shape index (κ2) is 4.72. The van der Waals surface area contributed by atoms with E-state index >= 15 is 0 Å². The number of anilines is 1. The van der Waals surface area contributed by atoms with Crippen LogP contribution in [-0.4, -0.2) is 9.55 Å². The average molecular weight is 257 g/mol. The minimum absolute atomic E-state index is 0.0522. The van der Waals surface area contributed by atoms with Gasteiger partial charge in [0.25, 0.3) is 0 Å². The van der Waals surface area contributed by atoms with Gasteiger partial charge in [-0.1, -0.05) is 31.2 Å². The predicted octanol–water partition coefficient (Wildman–Crippen LogP) is 3.76. The topological polar surface area (TPSA) is 43.8 Å². The van der Waals surface area contributed by atoms with Gasteiger partial charge in [0.1, 0.15) is 17.3 Å². The zero-order valence-electron chi connectivity index (χ0n) is 12.5. The van der Waals surface area contributed by atoms with E-state index in [0.29, 0.717) is 0 Å². The van der Waals surface area contributed by atoms with Crippen LogP contribution in [-0.2, 0) is 12.0 Å². The highest BCUT2D eigenvalue weighted by Gasteiger charge is 2.24. The average Bonchev–Trinajstić information content (AvgIpc) is 2.66. The van der Waals surface area contributed by atoms with Crippen LogP contribution in [0.3, 0.4) is 0 Å². The lowest BCUT2D eigenvalue weighted by atomic mass is 10.1. The van der Waals surface area contributed by atoms with Gasteiger partial charge in [-0.25, -0.2) is 4.98 Å². The molecule has 2 N–H and O–H groups in total. The molecule has 1 heterocycles. The molecule has 0 amide bonds. The van der Waals surface area contributed by atoms with Crippen molar-refractivity contribution >= 4 is 5.82 Å². The Morgan fingerprint density at radius 3 is 2.32 bits per heavy atom. The van der Waals surface area contributed by atoms with Crippen molar-refractivity contribution in [1.29, 1.82) is 0 Å². The van der Waals surface area contributed by atoms with E-state index in [1.54, 1.807) is 0 Å². The number of nitrogen functional groups attached to an aromatic ring is 1. The third-order valence-corrected chi connectivity index (χ3v) is 3.37. The number of imidazole rings is 1. The van der Waals surface area contributed by atoms with E-state index in [4.69, 9.17) is 10.7 Å². The summed E-state index contributed by atoms with van der Waals surface area (Å²) in [5.74, 6) is 1.81. The van der Waals surface area contributed by atoms with Crippen molar-refractivity contribution in [2.75, 3.05) is 5.73 Å². The molecular weight excluding hydrogens is 234 g/mol. The molecule has 0 bridgehead atoms. The lowest BCUT2D eigenvalue weighted by Crippen LogP contribution is -2.25. The molecular formula is C16H23N3. The summed E-state index contributed by atoms with van der Waals surface area (Å²) in [4.78, 5) is 4.76. The summed E-state index contributed by atoms with van der Waals surface area (Å²) in [5.41, 5.74) is 9.55. The molecule has 102 valence electrons. The highest BCUT2D eigenvalue weighted by atomic mass is 15.2. The third kappa shape index (κ3) is 2.37. The molecule has 3 nitrogen and oxygen atoms in total. The number of hydrogen-bond acceptors (Lipinski definition) is 2. The second-order valence-corrected chi connectivity index (χ2v) is 5.94. The summed E-state index contributed by atoms with van der Waals surface area (Å²) in [5, 5.41) is 0. The van der Waals surface area contributed by atoms with Crippen molar-refractivity contribution in [2.24, 2.45) is 0 Å². The number of benzene rings is 1. The summed E-state index contributed by atoms with van der Waals surface area (Å²) in [6.45, 7) is 10.7. The fraction of sp³-hybridized carbons (Fsp3) is 0.438. The van der Waals surface area contributed by atoms with E-state index in [1.807, 2.05) is 12.1 Å². The van der Waals surface area contributed by atoms with Crippen molar-refractivity contribution < 1.29 is 0 Å². The number of nitrogens with two attached hydrogens (primary N) is 1. The highest BCUT2D eigenvalue weighted by Crippen LogP contribution is 2.32. The van der Waals surface area contributed by atoms with E-state index in [9.17, 15) is 0 Å². The summed E-state index contributed by atoms with van der Waals surface area (Å²) < 4.78 is 2.15. The Kier molecular flexibility index (Phi) is 3.40. The molecule has 0 aliphatic rings. The van der Waals surface area contributed by atoms with Crippen LogP contribution in [0.2, 0.25) is 0 Å². The Labute approximate surface area is 115 Å². The first-order valence-electron chi connectivity index (χ1n) is 6.79. The molecule has 0 saturated carbocycles. The van der Waals surface area contributed by atoms with Gasteiger partial charge in [0, 0.05) is 17.5 Å². The molecule has 0 spiro atoms. The van der Waals surface area contributed by atoms with Gasteiger partial charge in [0.2, 0.25) is 0 Å². The van der Waals surface area contributed by atoms with E-state index in [-0.39, 0.29) is 5.54 Å². The zero-order chi connectivity index (χ0) is 14.2. The number of aromatic nitrogens is 2. The van der Waals surface area contributed by atoms with Gasteiger partial charge in [0.05, 0.1) is 0 Å². The van der Waals surface area contributed by atoms with Gasteiger partial charge in [0.15, 0.2) is 0 Å². The predicted molar refractivity (Wildman–Crippen MR) is 81.2 cm³/mol. The smallest absolute Gasteiger partial charge is 0.132 e. The van der Waals surface area contributed by atoms with E-state index in [1.165, 1.54) is 5.56 Å². The van der Waals surface area contributed by atoms with Crippen LogP contribution in [0.4, 0.5) is 5.82 Å². The monoisotopic (exact) mass is 257 g/mol. The van der Waals surface area contributed by atoms with Gasteiger partial charge in [-0.3, -0.25) is 0 Å². The molecule has 2 aromatic rings. The first-order valence-corrected chi connectivity index (χ1v) is 6.79. The molecule has 0 unspecified atom stereocenters. The number of aryl methyl sites for hydroxylation is 2. The second-order valence-electron chi connectivity index (χ2n) is 5.94. The van der Waals surface area contributed by atoms with Crippen molar-refractivity contribution in [2.45, 2.75) is 46.6 Å². The standard InChI is InChI=1S/C16H23N3/c1-6-13-18-14(12-10-8-7-9-11(12)2)15(17)19(13)16(3,4)5/h7-10H,6,17H2,1-5H3. The Balaban J connectivity index is 2.68. The Morgan fingerprint density at radius 2 is 1.84 bits per heavy atom. The first-order chi connectivity index (χ1) is 8.86. The SMILES string of the molecule is CCc1nc(-c2ccccc2C)c(N)n1C(C)(C)C. The van der Waals surface area contributed by atoms with Gasteiger partial charge < -0.3 is 10.3 Å². The largest absolute Gasteiger partial charge is 0.383 e. The lowest BCUT2D eigenvalue weighted by Gasteiger charge is -2.24. The lowest BCUT2D eigenvalue weighted by molar-refractivity contribution is 0.389. The summed E-state index contributed by atoms with van der Waals surface area (Å²) in [6.07, 6.45) is 0.882. The van der Waals surface area contributed by atoms with Crippen LogP contribution in [0.25, 0.3) is 11.3 Å². The Hall–Kier alpha value is -1.77. The van der Waals surface area contributed by atoms with Gasteiger partial charge >= 0.3 is 0 Å². The molecule has 0 saturated heterocycles. The van der Waals surface area contributed by atoms with Crippen LogP contribution in [0, 0.1) is 6.92 Å². The van der Waals surface area contributed by atoms with Gasteiger partial charge in [-0.05, 0) is 33.3 Å². The first kappa shape index (κ1) is 13.7. The molecule has 3 heteroatoms. The minimum Gasteiger partial charge on any atom is -0.383 e. The minimum atomic E-state index is -0.0522. The Bertz CT molecular complexity index is 589. The number of nitrogens with zero attached hydrogens (tertiary/aromatic N) is 2. The Morgan fingerprint density at radius 1 is 1.21 bits per heavy atom. The van der Waals surface area contributed by atoms with Crippen molar-refractivity contribution in [3.05, 3.63) is 35.7 Å². The maximum absolute atomic E-state index is 6.37. The number of hydrogen-bond donors (Lipinski definition) is 1. The van der Waals surface area contributed by atoms with Crippen LogP contribution in [0.5, 0.6) is 0 Å². The van der Waals surface area contributed by atoms with Crippen LogP contribution in [0.1, 0.15) is 39.1 Å². The third-order valence-electron chi connectivity index (χ3n) is 3.37. The highest BCUT2D eigenvalue weighted by molar-refractivity contribution is 5.73. The summed E-state index contributed by atoms with van der Waals surface area (Å²) in [7, 11) is 0. The molecule has 2 rings (SSSR count). The molecule has 1 aromatic heterocycles. The molecule has 0 atom stereocenters. The van der Waals surface area contributed by atoms with E-state index in [2.05, 4.69) is 51.3 Å². The maximum atomic E-state index is 6.37. The maximum Gasteiger partial charge on any atom is 0.132 e. The molecule has 0 aliphatic carbocycles. The van der Waals surface area contributed by atoms with Crippen molar-refractivity contribution in [1.82, 2.24) is 9.55 Å². The van der Waals surface area contributed by atoms with Gasteiger partial charge in [-0.2, -0.15) is 0 Å². The van der Waals surface area contributed by atoms with Crippen LogP contribution in [0.15, 0.2) is 24.3 Å². The van der Waals surface area contributed by atoms with E-state index < -0.39 is 0 Å². The summed E-state index contributed by atoms with van der Waals surface area (Å²) >= 11 is 0. The van der Waals surface area contributed by atoms with Crippen LogP contribution >= 0.6 is 0 Å². The number of rotatable bonds is 2. The molecule has 19 heavy (non-hydrogen) atoms. The van der Waals surface area contributed by atoms with Gasteiger partial charge in [-0.15, -0.1) is 0 Å². The fourth-order valence-electron chi connectivity index (χ4n) is 2.50. The van der Waals surface area contributed by atoms with Crippen LogP contribution < -0.4 is 5.73 Å². The molecule has 1 aromatic carbocycles. The van der Waals surface area contributed by atoms with Crippen molar-refractivity contribution in [3.8, 4) is 11.3 Å². The zero-order valence-corrected chi connectivity index (χ0v) is 12.5. The normalized spacial score (nSPS) is 11.8. The molecule has 0 fully saturated rings. The molecule has 0 aliphatic heterocycles. The fourth-order valence-corrected chi connectivity index (χ4v) is 2.50. The molecule has 0 radical (unpaired) electrons. The van der Waals surface area contributed by atoms with Crippen molar-refractivity contribution in [3.63, 3.8) is 0 Å². The van der Waals surface area contributed by atoms with E-state index in [0.717, 1.165) is 29.3 Å². The summed E-state index contributed by atoms with van der Waals surface area (Å²) in [6, 6.07) is 8.25. The quantitative estimate of drug-likeness (QED) is 0.890.